The van der Waals surface area contributed by atoms with E-state index < -0.39 is 17.7 Å². The van der Waals surface area contributed by atoms with Gasteiger partial charge < -0.3 is 29.3 Å². The van der Waals surface area contributed by atoms with Gasteiger partial charge in [0, 0.05) is 44.5 Å². The number of anilines is 2. The predicted octanol–water partition coefficient (Wildman–Crippen LogP) is 2.55. The molecule has 0 bridgehead atoms. The SMILES string of the molecule is CN1C(=O)[C@@H](NC(=O)OC(C)(C)C)COc2ccc(N3CC4(CCOCC4)C3)cc21. The van der Waals surface area contributed by atoms with E-state index in [0.717, 1.165) is 44.8 Å². The summed E-state index contributed by atoms with van der Waals surface area (Å²) in [7, 11) is 1.71. The minimum atomic E-state index is -0.810. The van der Waals surface area contributed by atoms with Gasteiger partial charge in [0.15, 0.2) is 0 Å². The molecular formula is C22H31N3O5. The number of rotatable bonds is 2. The van der Waals surface area contributed by atoms with E-state index in [1.54, 1.807) is 32.7 Å². The highest BCUT2D eigenvalue weighted by molar-refractivity contribution is 6.00. The number of amides is 2. The Morgan fingerprint density at radius 3 is 2.60 bits per heavy atom. The molecule has 8 heteroatoms. The Kier molecular flexibility index (Phi) is 5.30. The Morgan fingerprint density at radius 2 is 1.93 bits per heavy atom. The van der Waals surface area contributed by atoms with Gasteiger partial charge in [0.25, 0.3) is 5.91 Å². The van der Waals surface area contributed by atoms with Crippen LogP contribution in [0, 0.1) is 5.41 Å². The second-order valence-corrected chi connectivity index (χ2v) is 9.53. The fourth-order valence-corrected chi connectivity index (χ4v) is 4.30. The van der Waals surface area contributed by atoms with Crippen molar-refractivity contribution in [1.29, 1.82) is 0 Å². The summed E-state index contributed by atoms with van der Waals surface area (Å²) in [4.78, 5) is 29.0. The summed E-state index contributed by atoms with van der Waals surface area (Å²) in [6.45, 7) is 9.10. The van der Waals surface area contributed by atoms with Crippen LogP contribution >= 0.6 is 0 Å². The van der Waals surface area contributed by atoms with Crippen molar-refractivity contribution in [2.45, 2.75) is 45.3 Å². The number of fused-ring (bicyclic) bond motifs is 1. The van der Waals surface area contributed by atoms with E-state index in [4.69, 9.17) is 14.2 Å². The van der Waals surface area contributed by atoms with Crippen LogP contribution in [0.25, 0.3) is 0 Å². The minimum Gasteiger partial charge on any atom is -0.489 e. The van der Waals surface area contributed by atoms with Crippen LogP contribution < -0.4 is 19.9 Å². The number of hydrogen-bond donors (Lipinski definition) is 1. The molecule has 8 nitrogen and oxygen atoms in total. The van der Waals surface area contributed by atoms with Gasteiger partial charge in [0.1, 0.15) is 24.0 Å². The smallest absolute Gasteiger partial charge is 0.408 e. The lowest BCUT2D eigenvalue weighted by atomic mass is 9.73. The second kappa shape index (κ2) is 7.65. The molecule has 2 saturated heterocycles. The summed E-state index contributed by atoms with van der Waals surface area (Å²) in [5.74, 6) is 0.394. The van der Waals surface area contributed by atoms with Crippen LogP contribution in [-0.2, 0) is 14.3 Å². The van der Waals surface area contributed by atoms with Gasteiger partial charge in [-0.2, -0.15) is 0 Å². The minimum absolute atomic E-state index is 0.0571. The maximum absolute atomic E-state index is 13.0. The molecule has 0 aliphatic carbocycles. The first kappa shape index (κ1) is 20.8. The fraction of sp³-hybridized carbons (Fsp3) is 0.636. The molecule has 0 unspecified atom stereocenters. The Bertz CT molecular complexity index is 821. The van der Waals surface area contributed by atoms with Gasteiger partial charge in [-0.15, -0.1) is 0 Å². The molecule has 2 fully saturated rings. The van der Waals surface area contributed by atoms with E-state index >= 15 is 0 Å². The zero-order chi connectivity index (χ0) is 21.5. The zero-order valence-corrected chi connectivity index (χ0v) is 18.2. The lowest BCUT2D eigenvalue weighted by molar-refractivity contribution is -0.120. The van der Waals surface area contributed by atoms with Crippen molar-refractivity contribution in [3.05, 3.63) is 18.2 Å². The number of alkyl carbamates (subject to hydrolysis) is 1. The van der Waals surface area contributed by atoms with Gasteiger partial charge in [-0.3, -0.25) is 4.79 Å². The lowest BCUT2D eigenvalue weighted by Crippen LogP contribution is -2.58. The molecule has 4 rings (SSSR count). The summed E-state index contributed by atoms with van der Waals surface area (Å²) >= 11 is 0. The average molecular weight is 418 g/mol. The molecule has 0 saturated carbocycles. The molecule has 2 amide bonds. The van der Waals surface area contributed by atoms with Crippen LogP contribution in [0.4, 0.5) is 16.2 Å². The molecule has 164 valence electrons. The highest BCUT2D eigenvalue weighted by Gasteiger charge is 2.44. The van der Waals surface area contributed by atoms with Crippen molar-refractivity contribution in [1.82, 2.24) is 5.32 Å². The second-order valence-electron chi connectivity index (χ2n) is 9.53. The van der Waals surface area contributed by atoms with Crippen LogP contribution in [0.1, 0.15) is 33.6 Å². The zero-order valence-electron chi connectivity index (χ0n) is 18.2. The number of nitrogens with one attached hydrogen (secondary N) is 1. The first-order chi connectivity index (χ1) is 14.2. The third-order valence-corrected chi connectivity index (χ3v) is 6.00. The van der Waals surface area contributed by atoms with E-state index in [-0.39, 0.29) is 12.5 Å². The lowest BCUT2D eigenvalue weighted by Gasteiger charge is -2.53. The Hall–Kier alpha value is -2.48. The first-order valence-electron chi connectivity index (χ1n) is 10.5. The topological polar surface area (TPSA) is 80.3 Å². The molecule has 30 heavy (non-hydrogen) atoms. The number of likely N-dealkylation sites (N-methyl/N-ethyl adjacent to an activating group) is 1. The Morgan fingerprint density at radius 1 is 1.23 bits per heavy atom. The van der Waals surface area contributed by atoms with E-state index in [1.807, 2.05) is 18.2 Å². The molecule has 3 aliphatic rings. The summed E-state index contributed by atoms with van der Waals surface area (Å²) in [6.07, 6.45) is 1.58. The molecule has 1 aromatic rings. The van der Waals surface area contributed by atoms with Gasteiger partial charge in [0.2, 0.25) is 0 Å². The van der Waals surface area contributed by atoms with Crippen LogP contribution in [0.5, 0.6) is 5.75 Å². The molecule has 0 aromatic heterocycles. The van der Waals surface area contributed by atoms with Crippen molar-refractivity contribution < 1.29 is 23.8 Å². The molecule has 1 N–H and O–H groups in total. The van der Waals surface area contributed by atoms with Crippen molar-refractivity contribution in [3.8, 4) is 5.75 Å². The third-order valence-electron chi connectivity index (χ3n) is 6.00. The van der Waals surface area contributed by atoms with Gasteiger partial charge in [0.05, 0.1) is 5.69 Å². The number of carbonyl (C=O) groups is 2. The summed E-state index contributed by atoms with van der Waals surface area (Å²) in [5.41, 5.74) is 1.51. The normalized spacial score (nSPS) is 23.2. The molecule has 3 aliphatic heterocycles. The number of hydrogen-bond acceptors (Lipinski definition) is 6. The van der Waals surface area contributed by atoms with Gasteiger partial charge in [-0.25, -0.2) is 4.79 Å². The summed E-state index contributed by atoms with van der Waals surface area (Å²) in [6, 6.07) is 5.12. The van der Waals surface area contributed by atoms with Crippen molar-refractivity contribution in [3.63, 3.8) is 0 Å². The number of ether oxygens (including phenoxy) is 3. The van der Waals surface area contributed by atoms with Gasteiger partial charge in [-0.1, -0.05) is 0 Å². The van der Waals surface area contributed by atoms with Crippen molar-refractivity contribution in [2.24, 2.45) is 5.41 Å². The average Bonchev–Trinajstić information content (AvgIpc) is 2.77. The van der Waals surface area contributed by atoms with E-state index in [0.29, 0.717) is 16.9 Å². The van der Waals surface area contributed by atoms with Crippen LogP contribution in [0.15, 0.2) is 18.2 Å². The maximum Gasteiger partial charge on any atom is 0.408 e. The number of benzene rings is 1. The first-order valence-corrected chi connectivity index (χ1v) is 10.5. The molecule has 3 heterocycles. The summed E-state index contributed by atoms with van der Waals surface area (Å²) in [5, 5.41) is 2.63. The molecule has 1 spiro atoms. The highest BCUT2D eigenvalue weighted by atomic mass is 16.6. The summed E-state index contributed by atoms with van der Waals surface area (Å²) < 4.78 is 16.6. The van der Waals surface area contributed by atoms with Crippen LogP contribution in [0.3, 0.4) is 0 Å². The largest absolute Gasteiger partial charge is 0.489 e. The fourth-order valence-electron chi connectivity index (χ4n) is 4.30. The molecule has 1 atom stereocenters. The van der Waals surface area contributed by atoms with Gasteiger partial charge in [-0.05, 0) is 51.8 Å². The van der Waals surface area contributed by atoms with Crippen molar-refractivity contribution in [2.75, 3.05) is 49.8 Å². The van der Waals surface area contributed by atoms with Crippen molar-refractivity contribution >= 4 is 23.4 Å². The van der Waals surface area contributed by atoms with Crippen LogP contribution in [0.2, 0.25) is 0 Å². The monoisotopic (exact) mass is 417 g/mol. The number of carbonyl (C=O) groups excluding carboxylic acids is 2. The predicted molar refractivity (Wildman–Crippen MR) is 113 cm³/mol. The Labute approximate surface area is 177 Å². The van der Waals surface area contributed by atoms with Gasteiger partial charge >= 0.3 is 6.09 Å². The number of nitrogens with zero attached hydrogens (tertiary/aromatic N) is 2. The maximum atomic E-state index is 13.0. The molecule has 0 radical (unpaired) electrons. The quantitative estimate of drug-likeness (QED) is 0.797. The van der Waals surface area contributed by atoms with Crippen LogP contribution in [-0.4, -0.2) is 63.6 Å². The Balaban J connectivity index is 1.45. The molecule has 1 aromatic carbocycles. The van der Waals surface area contributed by atoms with E-state index in [1.165, 1.54) is 0 Å². The third kappa shape index (κ3) is 4.19. The van der Waals surface area contributed by atoms with E-state index in [9.17, 15) is 9.59 Å². The van der Waals surface area contributed by atoms with E-state index in [2.05, 4.69) is 10.2 Å². The molecular weight excluding hydrogens is 386 g/mol. The highest BCUT2D eigenvalue weighted by Crippen LogP contribution is 2.44. The standard InChI is InChI=1S/C22H31N3O5/c1-21(2,3)30-20(27)23-16-12-29-18-6-5-15(11-17(18)24(4)19(16)26)25-13-22(14-25)7-9-28-10-8-22/h5-6,11,16H,7-10,12-14H2,1-4H3,(H,23,27)/t16-/m0/s1.